The van der Waals surface area contributed by atoms with Crippen LogP contribution in [0.25, 0.3) is 22.9 Å². The monoisotopic (exact) mass is 633 g/mol. The Labute approximate surface area is 271 Å². The van der Waals surface area contributed by atoms with E-state index < -0.39 is 12.0 Å². The number of allylic oxidation sites excluding steroid dienone is 1. The molecule has 0 radical (unpaired) electrons. The highest BCUT2D eigenvalue weighted by atomic mass is 32.1. The number of ether oxygens (including phenoxy) is 3. The molecule has 2 aromatic heterocycles. The molecule has 0 saturated carbocycles. The molecule has 0 saturated heterocycles. The summed E-state index contributed by atoms with van der Waals surface area (Å²) in [6.45, 7) is 7.82. The number of thiazole rings is 1. The standard InChI is InChI=1S/C37H35N3O5S/c1-7-45-36(42)33-23(3)38-37-40(34(33)30-18-17-29(43-5)21-31(30)44-6)35(41)32(46-37)20-27-19-22(2)39(24(27)4)28-15-13-26(14-16-28)25-11-9-8-10-12-25/h8-21,34H,7H2,1-6H3/b32-20-/t34-/m0/s1. The summed E-state index contributed by atoms with van der Waals surface area (Å²) in [6.07, 6.45) is 1.91. The molecule has 8 nitrogen and oxygen atoms in total. The van der Waals surface area contributed by atoms with Gasteiger partial charge in [0, 0.05) is 28.7 Å². The van der Waals surface area contributed by atoms with Crippen LogP contribution in [0.1, 0.15) is 42.4 Å². The minimum atomic E-state index is -0.797. The number of benzene rings is 3. The van der Waals surface area contributed by atoms with Crippen LogP contribution < -0.4 is 24.4 Å². The Bertz CT molecular complexity index is 2160. The predicted octanol–water partition coefficient (Wildman–Crippen LogP) is 5.89. The summed E-state index contributed by atoms with van der Waals surface area (Å²) >= 11 is 1.29. The van der Waals surface area contributed by atoms with Crippen molar-refractivity contribution in [2.75, 3.05) is 20.8 Å². The minimum Gasteiger partial charge on any atom is -0.497 e. The van der Waals surface area contributed by atoms with E-state index in [0.29, 0.717) is 37.7 Å². The van der Waals surface area contributed by atoms with Gasteiger partial charge in [-0.05, 0) is 80.8 Å². The average Bonchev–Trinajstić information content (AvgIpc) is 3.53. The van der Waals surface area contributed by atoms with Crippen LogP contribution in [0.2, 0.25) is 0 Å². The average molecular weight is 634 g/mol. The quantitative estimate of drug-likeness (QED) is 0.199. The number of methoxy groups -OCH3 is 2. The molecule has 0 amide bonds. The van der Waals surface area contributed by atoms with E-state index in [1.54, 1.807) is 44.8 Å². The number of fused-ring (bicyclic) bond motifs is 1. The van der Waals surface area contributed by atoms with Gasteiger partial charge in [0.25, 0.3) is 5.56 Å². The predicted molar refractivity (Wildman–Crippen MR) is 181 cm³/mol. The maximum atomic E-state index is 14.2. The Morgan fingerprint density at radius 1 is 0.935 bits per heavy atom. The van der Waals surface area contributed by atoms with Crippen LogP contribution in [0.3, 0.4) is 0 Å². The molecule has 234 valence electrons. The van der Waals surface area contributed by atoms with E-state index in [0.717, 1.165) is 33.8 Å². The first-order valence-electron chi connectivity index (χ1n) is 15.0. The highest BCUT2D eigenvalue weighted by Crippen LogP contribution is 2.37. The fourth-order valence-corrected chi connectivity index (χ4v) is 7.07. The van der Waals surface area contributed by atoms with Gasteiger partial charge < -0.3 is 18.8 Å². The molecule has 3 aromatic carbocycles. The molecule has 1 aliphatic heterocycles. The lowest BCUT2D eigenvalue weighted by atomic mass is 9.95. The molecule has 1 aliphatic rings. The third kappa shape index (κ3) is 5.47. The lowest BCUT2D eigenvalue weighted by Gasteiger charge is -2.26. The molecule has 0 unspecified atom stereocenters. The van der Waals surface area contributed by atoms with Crippen LogP contribution in [0.15, 0.2) is 99.9 Å². The first-order chi connectivity index (χ1) is 22.2. The van der Waals surface area contributed by atoms with E-state index in [9.17, 15) is 9.59 Å². The number of esters is 1. The van der Waals surface area contributed by atoms with E-state index in [-0.39, 0.29) is 12.2 Å². The van der Waals surface area contributed by atoms with Crippen molar-refractivity contribution in [2.45, 2.75) is 33.7 Å². The summed E-state index contributed by atoms with van der Waals surface area (Å²) in [5.74, 6) is 0.552. The Hall–Kier alpha value is -5.15. The molecule has 0 bridgehead atoms. The van der Waals surface area contributed by atoms with Gasteiger partial charge in [0.1, 0.15) is 17.5 Å². The minimum absolute atomic E-state index is 0.192. The van der Waals surface area contributed by atoms with Gasteiger partial charge >= 0.3 is 5.97 Å². The number of nitrogens with zero attached hydrogens (tertiary/aromatic N) is 3. The number of hydrogen-bond acceptors (Lipinski definition) is 7. The zero-order valence-corrected chi connectivity index (χ0v) is 27.5. The van der Waals surface area contributed by atoms with Crippen molar-refractivity contribution in [1.29, 1.82) is 0 Å². The Morgan fingerprint density at radius 2 is 1.65 bits per heavy atom. The second-order valence-corrected chi connectivity index (χ2v) is 12.0. The van der Waals surface area contributed by atoms with Gasteiger partial charge in [-0.3, -0.25) is 9.36 Å². The van der Waals surface area contributed by atoms with Crippen molar-refractivity contribution < 1.29 is 19.0 Å². The van der Waals surface area contributed by atoms with E-state index in [1.807, 2.05) is 30.3 Å². The summed E-state index contributed by atoms with van der Waals surface area (Å²) < 4.78 is 20.8. The topological polar surface area (TPSA) is 84.1 Å². The molecule has 3 heterocycles. The van der Waals surface area contributed by atoms with Crippen molar-refractivity contribution >= 4 is 23.4 Å². The van der Waals surface area contributed by atoms with Gasteiger partial charge in [0.05, 0.1) is 36.6 Å². The zero-order valence-electron chi connectivity index (χ0n) is 26.7. The van der Waals surface area contributed by atoms with Crippen molar-refractivity contribution in [3.8, 4) is 28.3 Å². The molecule has 1 atom stereocenters. The van der Waals surface area contributed by atoms with E-state index in [1.165, 1.54) is 11.3 Å². The lowest BCUT2D eigenvalue weighted by molar-refractivity contribution is -0.139. The van der Waals surface area contributed by atoms with Crippen LogP contribution >= 0.6 is 11.3 Å². The van der Waals surface area contributed by atoms with Crippen molar-refractivity contribution in [3.05, 3.63) is 132 Å². The lowest BCUT2D eigenvalue weighted by Crippen LogP contribution is -2.40. The van der Waals surface area contributed by atoms with Crippen molar-refractivity contribution in [2.24, 2.45) is 4.99 Å². The highest BCUT2D eigenvalue weighted by Gasteiger charge is 2.35. The summed E-state index contributed by atoms with van der Waals surface area (Å²) in [6, 6.07) is 25.4. The fraction of sp³-hybridized carbons (Fsp3) is 0.216. The number of rotatable bonds is 8. The molecule has 46 heavy (non-hydrogen) atoms. The van der Waals surface area contributed by atoms with Crippen LogP contribution in [0.4, 0.5) is 0 Å². The van der Waals surface area contributed by atoms with Gasteiger partial charge in [-0.25, -0.2) is 9.79 Å². The molecule has 0 N–H and O–H groups in total. The first-order valence-corrected chi connectivity index (χ1v) is 15.8. The number of hydrogen-bond donors (Lipinski definition) is 0. The Morgan fingerprint density at radius 3 is 2.33 bits per heavy atom. The normalized spacial score (nSPS) is 14.6. The summed E-state index contributed by atoms with van der Waals surface area (Å²) in [7, 11) is 3.12. The van der Waals surface area contributed by atoms with Crippen LogP contribution in [0, 0.1) is 13.8 Å². The third-order valence-electron chi connectivity index (χ3n) is 8.24. The van der Waals surface area contributed by atoms with Gasteiger partial charge in [-0.2, -0.15) is 0 Å². The number of aryl methyl sites for hydroxylation is 1. The molecule has 0 aliphatic carbocycles. The van der Waals surface area contributed by atoms with Gasteiger partial charge in [-0.1, -0.05) is 53.8 Å². The fourth-order valence-electron chi connectivity index (χ4n) is 6.04. The zero-order chi connectivity index (χ0) is 32.5. The highest BCUT2D eigenvalue weighted by molar-refractivity contribution is 7.07. The third-order valence-corrected chi connectivity index (χ3v) is 9.22. The van der Waals surface area contributed by atoms with Gasteiger partial charge in [0.15, 0.2) is 4.80 Å². The molecule has 5 aromatic rings. The Kier molecular flexibility index (Phi) is 8.51. The first kappa shape index (κ1) is 30.9. The van der Waals surface area contributed by atoms with Crippen LogP contribution in [-0.2, 0) is 9.53 Å². The maximum Gasteiger partial charge on any atom is 0.338 e. The Balaban J connectivity index is 1.47. The summed E-state index contributed by atoms with van der Waals surface area (Å²) in [5, 5.41) is 0. The SMILES string of the molecule is CCOC(=O)C1=C(C)N=c2s/c(=C\c3cc(C)n(-c4ccc(-c5ccccc5)cc4)c3C)c(=O)n2[C@H]1c1ccc(OC)cc1OC. The molecule has 0 spiro atoms. The smallest absolute Gasteiger partial charge is 0.338 e. The molecule has 9 heteroatoms. The largest absolute Gasteiger partial charge is 0.497 e. The summed E-state index contributed by atoms with van der Waals surface area (Å²) in [4.78, 5) is 32.8. The van der Waals surface area contributed by atoms with E-state index >= 15 is 0 Å². The second-order valence-electron chi connectivity index (χ2n) is 11.0. The van der Waals surface area contributed by atoms with Crippen LogP contribution in [-0.4, -0.2) is 35.9 Å². The van der Waals surface area contributed by atoms with Gasteiger partial charge in [-0.15, -0.1) is 0 Å². The number of aromatic nitrogens is 2. The van der Waals surface area contributed by atoms with Crippen LogP contribution in [0.5, 0.6) is 11.5 Å². The number of carbonyl (C=O) groups excluding carboxylic acids is 1. The van der Waals surface area contributed by atoms with E-state index in [2.05, 4.69) is 60.9 Å². The molecule has 6 rings (SSSR count). The summed E-state index contributed by atoms with van der Waals surface area (Å²) in [5.41, 5.74) is 7.49. The van der Waals surface area contributed by atoms with Crippen molar-refractivity contribution in [1.82, 2.24) is 9.13 Å². The number of carbonyl (C=O) groups is 1. The van der Waals surface area contributed by atoms with Crippen molar-refractivity contribution in [3.63, 3.8) is 0 Å². The molecular formula is C37H35N3O5S. The molecular weight excluding hydrogens is 598 g/mol. The maximum absolute atomic E-state index is 14.2. The molecule has 0 fully saturated rings. The van der Waals surface area contributed by atoms with Gasteiger partial charge in [0.2, 0.25) is 0 Å². The second kappa shape index (κ2) is 12.7. The van der Waals surface area contributed by atoms with E-state index in [4.69, 9.17) is 19.2 Å².